The van der Waals surface area contributed by atoms with E-state index >= 15 is 0 Å². The van der Waals surface area contributed by atoms with Crippen LogP contribution in [0.4, 0.5) is 0 Å². The molecule has 0 spiro atoms. The van der Waals surface area contributed by atoms with E-state index in [9.17, 15) is 0 Å². The van der Waals surface area contributed by atoms with Crippen molar-refractivity contribution in [3.8, 4) is 11.3 Å². The first-order valence-corrected chi connectivity index (χ1v) is 5.77. The van der Waals surface area contributed by atoms with Gasteiger partial charge in [-0.1, -0.05) is 51.1 Å². The van der Waals surface area contributed by atoms with E-state index in [2.05, 4.69) is 37.9 Å². The maximum atomic E-state index is 5.77. The number of hydrogen-bond acceptors (Lipinski definition) is 2. The second-order valence-corrected chi connectivity index (χ2v) is 4.20. The van der Waals surface area contributed by atoms with Crippen LogP contribution in [0.25, 0.3) is 11.3 Å². The summed E-state index contributed by atoms with van der Waals surface area (Å²) in [7, 11) is 0. The lowest BCUT2D eigenvalue weighted by Crippen LogP contribution is -1.86. The van der Waals surface area contributed by atoms with Gasteiger partial charge in [-0.3, -0.25) is 0 Å². The van der Waals surface area contributed by atoms with Crippen molar-refractivity contribution in [2.45, 2.75) is 33.1 Å². The van der Waals surface area contributed by atoms with Crippen LogP contribution in [0.1, 0.15) is 38.3 Å². The van der Waals surface area contributed by atoms with E-state index in [1.54, 1.807) is 0 Å². The molecule has 0 bridgehead atoms. The summed E-state index contributed by atoms with van der Waals surface area (Å²) in [6.07, 6.45) is 0.879. The molecule has 2 nitrogen and oxygen atoms in total. The molecule has 84 valence electrons. The van der Waals surface area contributed by atoms with Crippen LogP contribution < -0.4 is 0 Å². The minimum absolute atomic E-state index is 0.336. The SMILES string of the molecule is CCc1oc(C(C)C)nc1-c1ccccc1. The third-order valence-corrected chi connectivity index (χ3v) is 2.58. The average molecular weight is 215 g/mol. The predicted molar refractivity (Wildman–Crippen MR) is 65.4 cm³/mol. The Morgan fingerprint density at radius 3 is 2.44 bits per heavy atom. The van der Waals surface area contributed by atoms with Crippen molar-refractivity contribution in [1.82, 2.24) is 4.98 Å². The predicted octanol–water partition coefficient (Wildman–Crippen LogP) is 4.03. The Hall–Kier alpha value is -1.57. The quantitative estimate of drug-likeness (QED) is 0.772. The molecule has 0 N–H and O–H groups in total. The van der Waals surface area contributed by atoms with Crippen molar-refractivity contribution >= 4 is 0 Å². The van der Waals surface area contributed by atoms with Crippen LogP contribution in [0.15, 0.2) is 34.7 Å². The van der Waals surface area contributed by atoms with E-state index < -0.39 is 0 Å². The minimum Gasteiger partial charge on any atom is -0.445 e. The number of nitrogens with zero attached hydrogens (tertiary/aromatic N) is 1. The van der Waals surface area contributed by atoms with Gasteiger partial charge < -0.3 is 4.42 Å². The van der Waals surface area contributed by atoms with Crippen LogP contribution >= 0.6 is 0 Å². The summed E-state index contributed by atoms with van der Waals surface area (Å²) in [6.45, 7) is 6.29. The highest BCUT2D eigenvalue weighted by Crippen LogP contribution is 2.27. The summed E-state index contributed by atoms with van der Waals surface area (Å²) in [6, 6.07) is 10.2. The van der Waals surface area contributed by atoms with E-state index in [4.69, 9.17) is 4.42 Å². The second kappa shape index (κ2) is 4.52. The van der Waals surface area contributed by atoms with Crippen LogP contribution in [0, 0.1) is 0 Å². The van der Waals surface area contributed by atoms with Crippen molar-refractivity contribution in [2.75, 3.05) is 0 Å². The molecule has 16 heavy (non-hydrogen) atoms. The summed E-state index contributed by atoms with van der Waals surface area (Å²) in [5.41, 5.74) is 2.13. The average Bonchev–Trinajstić information content (AvgIpc) is 2.74. The van der Waals surface area contributed by atoms with E-state index in [1.807, 2.05) is 18.2 Å². The van der Waals surface area contributed by atoms with E-state index in [0.29, 0.717) is 5.92 Å². The zero-order chi connectivity index (χ0) is 11.5. The number of aryl methyl sites for hydroxylation is 1. The smallest absolute Gasteiger partial charge is 0.197 e. The van der Waals surface area contributed by atoms with Gasteiger partial charge in [-0.15, -0.1) is 0 Å². The second-order valence-electron chi connectivity index (χ2n) is 4.20. The fraction of sp³-hybridized carbons (Fsp3) is 0.357. The molecule has 1 aromatic heterocycles. The molecule has 0 aliphatic carbocycles. The zero-order valence-electron chi connectivity index (χ0n) is 10.0. The molecule has 0 aliphatic rings. The van der Waals surface area contributed by atoms with Gasteiger partial charge in [-0.05, 0) is 0 Å². The molecule has 2 heteroatoms. The van der Waals surface area contributed by atoms with E-state index in [0.717, 1.165) is 29.3 Å². The Bertz CT molecular complexity index is 457. The third kappa shape index (κ3) is 2.01. The fourth-order valence-corrected chi connectivity index (χ4v) is 1.68. The molecular weight excluding hydrogens is 198 g/mol. The van der Waals surface area contributed by atoms with Gasteiger partial charge in [0, 0.05) is 17.9 Å². The lowest BCUT2D eigenvalue weighted by molar-refractivity contribution is 0.440. The summed E-state index contributed by atoms with van der Waals surface area (Å²) < 4.78 is 5.77. The highest BCUT2D eigenvalue weighted by Gasteiger charge is 2.15. The molecular formula is C14H17NO. The highest BCUT2D eigenvalue weighted by molar-refractivity contribution is 5.61. The largest absolute Gasteiger partial charge is 0.445 e. The van der Waals surface area contributed by atoms with Gasteiger partial charge in [0.1, 0.15) is 11.5 Å². The molecule has 0 amide bonds. The van der Waals surface area contributed by atoms with Crippen LogP contribution in [-0.2, 0) is 6.42 Å². The zero-order valence-corrected chi connectivity index (χ0v) is 10.0. The van der Waals surface area contributed by atoms with Crippen molar-refractivity contribution in [1.29, 1.82) is 0 Å². The number of oxazole rings is 1. The highest BCUT2D eigenvalue weighted by atomic mass is 16.4. The van der Waals surface area contributed by atoms with Crippen molar-refractivity contribution < 1.29 is 4.42 Å². The summed E-state index contributed by atoms with van der Waals surface area (Å²) in [5, 5.41) is 0. The Morgan fingerprint density at radius 1 is 1.19 bits per heavy atom. The molecule has 0 unspecified atom stereocenters. The number of rotatable bonds is 3. The Balaban J connectivity index is 2.48. The number of hydrogen-bond donors (Lipinski definition) is 0. The maximum Gasteiger partial charge on any atom is 0.197 e. The summed E-state index contributed by atoms with van der Waals surface area (Å²) in [5.74, 6) is 2.15. The normalized spacial score (nSPS) is 11.0. The van der Waals surface area contributed by atoms with Gasteiger partial charge >= 0.3 is 0 Å². The molecule has 0 saturated heterocycles. The number of aromatic nitrogens is 1. The molecule has 2 rings (SSSR count). The van der Waals surface area contributed by atoms with Crippen molar-refractivity contribution in [3.05, 3.63) is 42.0 Å². The molecule has 0 atom stereocenters. The van der Waals surface area contributed by atoms with Crippen LogP contribution in [0.3, 0.4) is 0 Å². The van der Waals surface area contributed by atoms with Gasteiger partial charge in [0.05, 0.1) is 0 Å². The molecule has 2 aromatic rings. The van der Waals surface area contributed by atoms with Gasteiger partial charge in [-0.25, -0.2) is 4.98 Å². The standard InChI is InChI=1S/C14H17NO/c1-4-12-13(11-8-6-5-7-9-11)15-14(16-12)10(2)3/h5-10H,4H2,1-3H3. The van der Waals surface area contributed by atoms with E-state index in [1.165, 1.54) is 0 Å². The Kier molecular flexibility index (Phi) is 3.09. The Labute approximate surface area is 96.3 Å². The van der Waals surface area contributed by atoms with Gasteiger partial charge in [0.25, 0.3) is 0 Å². The van der Waals surface area contributed by atoms with Gasteiger partial charge in [-0.2, -0.15) is 0 Å². The van der Waals surface area contributed by atoms with Crippen LogP contribution in [0.5, 0.6) is 0 Å². The molecule has 1 aromatic carbocycles. The van der Waals surface area contributed by atoms with Gasteiger partial charge in [0.15, 0.2) is 5.89 Å². The van der Waals surface area contributed by atoms with Gasteiger partial charge in [0.2, 0.25) is 0 Å². The monoisotopic (exact) mass is 215 g/mol. The summed E-state index contributed by atoms with van der Waals surface area (Å²) in [4.78, 5) is 4.58. The Morgan fingerprint density at radius 2 is 1.88 bits per heavy atom. The van der Waals surface area contributed by atoms with Crippen LogP contribution in [-0.4, -0.2) is 4.98 Å². The fourth-order valence-electron chi connectivity index (χ4n) is 1.68. The van der Waals surface area contributed by atoms with E-state index in [-0.39, 0.29) is 0 Å². The third-order valence-electron chi connectivity index (χ3n) is 2.58. The first kappa shape index (κ1) is 10.9. The molecule has 0 aliphatic heterocycles. The van der Waals surface area contributed by atoms with Crippen molar-refractivity contribution in [2.24, 2.45) is 0 Å². The molecule has 1 heterocycles. The first-order chi connectivity index (χ1) is 7.72. The first-order valence-electron chi connectivity index (χ1n) is 5.77. The lowest BCUT2D eigenvalue weighted by atomic mass is 10.1. The molecule has 0 saturated carbocycles. The molecule has 0 radical (unpaired) electrons. The van der Waals surface area contributed by atoms with Crippen LogP contribution in [0.2, 0.25) is 0 Å². The lowest BCUT2D eigenvalue weighted by Gasteiger charge is -1.97. The molecule has 0 fully saturated rings. The van der Waals surface area contributed by atoms with Crippen molar-refractivity contribution in [3.63, 3.8) is 0 Å². The maximum absolute atomic E-state index is 5.77. The number of benzene rings is 1. The topological polar surface area (TPSA) is 26.0 Å². The minimum atomic E-state index is 0.336. The summed E-state index contributed by atoms with van der Waals surface area (Å²) >= 11 is 0.